The molecule has 0 aromatic heterocycles. The first-order valence-electron chi connectivity index (χ1n) is 4.01. The van der Waals surface area contributed by atoms with Crippen molar-refractivity contribution in [1.82, 2.24) is 0 Å². The van der Waals surface area contributed by atoms with Crippen LogP contribution in [0.15, 0.2) is 12.2 Å². The average Bonchev–Trinajstić information content (AvgIpc) is 1.56. The Morgan fingerprint density at radius 2 is 1.45 bits per heavy atom. The Morgan fingerprint density at radius 3 is 1.55 bits per heavy atom. The molecular formula is C10H20O. The van der Waals surface area contributed by atoms with E-state index >= 15 is 0 Å². The van der Waals surface area contributed by atoms with Gasteiger partial charge < -0.3 is 4.74 Å². The average molecular weight is 156 g/mol. The quantitative estimate of drug-likeness (QED) is 0.558. The van der Waals surface area contributed by atoms with Gasteiger partial charge in [-0.15, -0.1) is 0 Å². The van der Waals surface area contributed by atoms with E-state index in [1.54, 1.807) is 0 Å². The molecule has 1 nitrogen and oxygen atoms in total. The van der Waals surface area contributed by atoms with Crippen LogP contribution in [0.5, 0.6) is 0 Å². The highest BCUT2D eigenvalue weighted by Gasteiger charge is 2.25. The molecule has 0 saturated carbocycles. The molecule has 0 spiro atoms. The fourth-order valence-electron chi connectivity index (χ4n) is 0.853. The van der Waals surface area contributed by atoms with Crippen molar-refractivity contribution >= 4 is 0 Å². The maximum atomic E-state index is 5.79. The summed E-state index contributed by atoms with van der Waals surface area (Å²) in [7, 11) is 0. The van der Waals surface area contributed by atoms with Crippen molar-refractivity contribution in [2.24, 2.45) is 0 Å². The van der Waals surface area contributed by atoms with Crippen LogP contribution < -0.4 is 0 Å². The SMILES string of the molecule is C=C(C)C(C)(C)OC(C)(C)C. The highest BCUT2D eigenvalue weighted by Crippen LogP contribution is 2.25. The van der Waals surface area contributed by atoms with Crippen LogP contribution >= 0.6 is 0 Å². The van der Waals surface area contributed by atoms with E-state index in [2.05, 4.69) is 27.4 Å². The molecule has 0 aliphatic heterocycles. The van der Waals surface area contributed by atoms with E-state index < -0.39 is 0 Å². The standard InChI is InChI=1S/C10H20O/c1-8(2)10(6,7)11-9(3,4)5/h1H2,2-7H3. The van der Waals surface area contributed by atoms with Gasteiger partial charge in [-0.3, -0.25) is 0 Å². The Labute approximate surface area is 70.4 Å². The number of ether oxygens (including phenoxy) is 1. The third-order valence-electron chi connectivity index (χ3n) is 1.59. The monoisotopic (exact) mass is 156 g/mol. The summed E-state index contributed by atoms with van der Waals surface area (Å²) >= 11 is 0. The fourth-order valence-corrected chi connectivity index (χ4v) is 0.853. The Bertz CT molecular complexity index is 149. The van der Waals surface area contributed by atoms with Gasteiger partial charge >= 0.3 is 0 Å². The first-order chi connectivity index (χ1) is 4.65. The summed E-state index contributed by atoms with van der Waals surface area (Å²) in [6, 6.07) is 0. The molecular weight excluding hydrogens is 136 g/mol. The van der Waals surface area contributed by atoms with Crippen LogP contribution in [0.3, 0.4) is 0 Å². The number of hydrogen-bond acceptors (Lipinski definition) is 1. The summed E-state index contributed by atoms with van der Waals surface area (Å²) in [5, 5.41) is 0. The normalized spacial score (nSPS) is 13.3. The molecule has 0 aliphatic rings. The van der Waals surface area contributed by atoms with E-state index in [0.29, 0.717) is 0 Å². The van der Waals surface area contributed by atoms with Crippen LogP contribution in [-0.2, 0) is 4.74 Å². The molecule has 0 heterocycles. The van der Waals surface area contributed by atoms with Gasteiger partial charge in [0.25, 0.3) is 0 Å². The first kappa shape index (κ1) is 10.7. The summed E-state index contributed by atoms with van der Waals surface area (Å²) in [6.07, 6.45) is 0. The Balaban J connectivity index is 4.25. The molecule has 66 valence electrons. The molecule has 0 bridgehead atoms. The van der Waals surface area contributed by atoms with Crippen LogP contribution in [0.25, 0.3) is 0 Å². The smallest absolute Gasteiger partial charge is 0.0837 e. The molecule has 0 atom stereocenters. The lowest BCUT2D eigenvalue weighted by Crippen LogP contribution is -2.35. The lowest BCUT2D eigenvalue weighted by molar-refractivity contribution is -0.0913. The molecule has 0 fully saturated rings. The van der Waals surface area contributed by atoms with Crippen LogP contribution in [0.4, 0.5) is 0 Å². The predicted molar refractivity (Wildman–Crippen MR) is 49.7 cm³/mol. The summed E-state index contributed by atoms with van der Waals surface area (Å²) < 4.78 is 5.79. The zero-order valence-electron chi connectivity index (χ0n) is 8.62. The van der Waals surface area contributed by atoms with E-state index in [1.807, 2.05) is 20.8 Å². The van der Waals surface area contributed by atoms with Crippen molar-refractivity contribution in [1.29, 1.82) is 0 Å². The summed E-state index contributed by atoms with van der Waals surface area (Å²) in [5.41, 5.74) is 0.758. The van der Waals surface area contributed by atoms with Gasteiger partial charge in [-0.2, -0.15) is 0 Å². The van der Waals surface area contributed by atoms with Gasteiger partial charge in [0.15, 0.2) is 0 Å². The third kappa shape index (κ3) is 4.20. The maximum absolute atomic E-state index is 5.79. The topological polar surface area (TPSA) is 9.23 Å². The van der Waals surface area contributed by atoms with Crippen LogP contribution in [-0.4, -0.2) is 11.2 Å². The van der Waals surface area contributed by atoms with Crippen LogP contribution in [0, 0.1) is 0 Å². The van der Waals surface area contributed by atoms with Gasteiger partial charge in [-0.1, -0.05) is 6.58 Å². The number of hydrogen-bond donors (Lipinski definition) is 0. The van der Waals surface area contributed by atoms with Gasteiger partial charge in [0.05, 0.1) is 11.2 Å². The van der Waals surface area contributed by atoms with Crippen molar-refractivity contribution < 1.29 is 4.74 Å². The molecule has 11 heavy (non-hydrogen) atoms. The predicted octanol–water partition coefficient (Wildman–Crippen LogP) is 3.16. The third-order valence-corrected chi connectivity index (χ3v) is 1.59. The minimum Gasteiger partial charge on any atom is -0.366 e. The van der Waals surface area contributed by atoms with Gasteiger partial charge in [0.2, 0.25) is 0 Å². The van der Waals surface area contributed by atoms with E-state index in [9.17, 15) is 0 Å². The minimum atomic E-state index is -0.210. The van der Waals surface area contributed by atoms with Crippen LogP contribution in [0.1, 0.15) is 41.5 Å². The molecule has 0 aromatic rings. The maximum Gasteiger partial charge on any atom is 0.0837 e. The summed E-state index contributed by atoms with van der Waals surface area (Å²) in [6.45, 7) is 16.1. The van der Waals surface area contributed by atoms with E-state index in [-0.39, 0.29) is 11.2 Å². The highest BCUT2D eigenvalue weighted by molar-refractivity contribution is 5.06. The lowest BCUT2D eigenvalue weighted by atomic mass is 9.99. The molecule has 0 N–H and O–H groups in total. The van der Waals surface area contributed by atoms with Gasteiger partial charge in [-0.25, -0.2) is 0 Å². The second-order valence-electron chi connectivity index (χ2n) is 4.51. The minimum absolute atomic E-state index is 0.0948. The number of rotatable bonds is 2. The summed E-state index contributed by atoms with van der Waals surface area (Å²) in [4.78, 5) is 0. The van der Waals surface area contributed by atoms with Crippen molar-refractivity contribution in [2.45, 2.75) is 52.7 Å². The molecule has 1 heteroatoms. The second-order valence-corrected chi connectivity index (χ2v) is 4.51. The largest absolute Gasteiger partial charge is 0.366 e. The Hall–Kier alpha value is -0.300. The molecule has 0 amide bonds. The van der Waals surface area contributed by atoms with Crippen molar-refractivity contribution in [2.75, 3.05) is 0 Å². The van der Waals surface area contributed by atoms with Crippen molar-refractivity contribution in [3.05, 3.63) is 12.2 Å². The molecule has 0 radical (unpaired) electrons. The Morgan fingerprint density at radius 1 is 1.09 bits per heavy atom. The zero-order valence-corrected chi connectivity index (χ0v) is 8.62. The molecule has 0 aliphatic carbocycles. The van der Waals surface area contributed by atoms with Crippen LogP contribution in [0.2, 0.25) is 0 Å². The van der Waals surface area contributed by atoms with Gasteiger partial charge in [0.1, 0.15) is 0 Å². The lowest BCUT2D eigenvalue weighted by Gasteiger charge is -2.34. The summed E-state index contributed by atoms with van der Waals surface area (Å²) in [5.74, 6) is 0. The highest BCUT2D eigenvalue weighted by atomic mass is 16.5. The zero-order chi connectivity index (χ0) is 9.28. The fraction of sp³-hybridized carbons (Fsp3) is 0.800. The molecule has 0 aromatic carbocycles. The second kappa shape index (κ2) is 2.98. The van der Waals surface area contributed by atoms with Crippen molar-refractivity contribution in [3.8, 4) is 0 Å². The molecule has 0 unspecified atom stereocenters. The van der Waals surface area contributed by atoms with E-state index in [1.165, 1.54) is 0 Å². The first-order valence-corrected chi connectivity index (χ1v) is 4.01. The Kier molecular flexibility index (Phi) is 2.90. The van der Waals surface area contributed by atoms with Crippen molar-refractivity contribution in [3.63, 3.8) is 0 Å². The molecule has 0 saturated heterocycles. The molecule has 0 rings (SSSR count). The van der Waals surface area contributed by atoms with E-state index in [0.717, 1.165) is 5.57 Å². The van der Waals surface area contributed by atoms with Gasteiger partial charge in [0, 0.05) is 0 Å². The van der Waals surface area contributed by atoms with Gasteiger partial charge in [-0.05, 0) is 47.1 Å². The van der Waals surface area contributed by atoms with E-state index in [4.69, 9.17) is 4.74 Å².